The maximum absolute atomic E-state index is 13.3. The van der Waals surface area contributed by atoms with Gasteiger partial charge in [-0.2, -0.15) is 0 Å². The van der Waals surface area contributed by atoms with E-state index in [0.717, 1.165) is 0 Å². The Kier molecular flexibility index (Phi) is 2.98. The lowest BCUT2D eigenvalue weighted by molar-refractivity contribution is 0.0969. The van der Waals surface area contributed by atoms with Gasteiger partial charge >= 0.3 is 0 Å². The van der Waals surface area contributed by atoms with E-state index in [1.54, 1.807) is 0 Å². The molecule has 0 saturated heterocycles. The predicted molar refractivity (Wildman–Crippen MR) is 52.4 cm³/mol. The number of rotatable bonds is 1. The molecule has 74 valence electrons. The summed E-state index contributed by atoms with van der Waals surface area (Å²) in [4.78, 5) is 0. The smallest absolute Gasteiger partial charge is 0.158 e. The topological polar surface area (TPSA) is 61.3 Å². The van der Waals surface area contributed by atoms with Crippen molar-refractivity contribution in [3.05, 3.63) is 21.7 Å². The lowest BCUT2D eigenvalue weighted by Crippen LogP contribution is -2.34. The van der Waals surface area contributed by atoms with Gasteiger partial charge in [0.05, 0.1) is 11.4 Å². The highest BCUT2D eigenvalue weighted by molar-refractivity contribution is 9.11. The van der Waals surface area contributed by atoms with Gasteiger partial charge in [-0.15, -0.1) is 0 Å². The first-order chi connectivity index (χ1) is 6.00. The fourth-order valence-electron chi connectivity index (χ4n) is 1.34. The lowest BCUT2D eigenvalue weighted by atomic mass is 9.94. The van der Waals surface area contributed by atoms with Crippen molar-refractivity contribution in [3.63, 3.8) is 0 Å². The van der Waals surface area contributed by atoms with Crippen LogP contribution in [0.2, 0.25) is 0 Å². The van der Waals surface area contributed by atoms with Crippen molar-refractivity contribution >= 4 is 15.9 Å². The Bertz CT molecular complexity index is 288. The van der Waals surface area contributed by atoms with Crippen LogP contribution in [0.25, 0.3) is 0 Å². The molecule has 0 amide bonds. The molecule has 0 fully saturated rings. The maximum atomic E-state index is 13.3. The molecule has 1 aliphatic rings. The third kappa shape index (κ3) is 1.58. The number of allylic oxidation sites excluding steroid dienone is 1. The Morgan fingerprint density at radius 1 is 1.46 bits per heavy atom. The average Bonchev–Trinajstić information content (AvgIpc) is 2.13. The second-order valence-electron chi connectivity index (χ2n) is 2.98. The largest absolute Gasteiger partial charge is 0.398 e. The minimum Gasteiger partial charge on any atom is -0.398 e. The zero-order chi connectivity index (χ0) is 10.2. The summed E-state index contributed by atoms with van der Waals surface area (Å²) in [5, 5.41) is 0. The van der Waals surface area contributed by atoms with Crippen LogP contribution in [0, 0.1) is 5.92 Å². The molecule has 0 radical (unpaired) electrons. The van der Waals surface area contributed by atoms with Crippen molar-refractivity contribution in [3.8, 4) is 0 Å². The number of halogens is 2. The second kappa shape index (κ2) is 3.67. The van der Waals surface area contributed by atoms with Crippen molar-refractivity contribution in [2.24, 2.45) is 17.4 Å². The molecule has 2 atom stereocenters. The number of hydrogen-bond acceptors (Lipinski definition) is 3. The normalized spacial score (nSPS) is 29.8. The van der Waals surface area contributed by atoms with Crippen LogP contribution in [-0.4, -0.2) is 13.2 Å². The molecule has 0 heterocycles. The van der Waals surface area contributed by atoms with Crippen LogP contribution in [0.3, 0.4) is 0 Å². The second-order valence-corrected chi connectivity index (χ2v) is 3.83. The van der Waals surface area contributed by atoms with Gasteiger partial charge in [0, 0.05) is 17.5 Å². The highest BCUT2D eigenvalue weighted by Gasteiger charge is 2.32. The third-order valence-electron chi connectivity index (χ3n) is 2.17. The minimum atomic E-state index is -0.488. The number of nitrogens with two attached hydrogens (primary N) is 2. The number of ether oxygens (including phenoxy) is 1. The standard InChI is InChI=1S/C8H12BrFN2O/c1-3-4(9)5(10)6(11)7(12)8(3)13-2/h3,8H,11-12H2,1-2H3. The van der Waals surface area contributed by atoms with Crippen LogP contribution in [0.1, 0.15) is 6.92 Å². The van der Waals surface area contributed by atoms with Crippen LogP contribution < -0.4 is 11.5 Å². The molecular formula is C8H12BrFN2O. The lowest BCUT2D eigenvalue weighted by Gasteiger charge is -2.28. The monoisotopic (exact) mass is 250 g/mol. The summed E-state index contributed by atoms with van der Waals surface area (Å²) >= 11 is 3.12. The Morgan fingerprint density at radius 2 is 2.00 bits per heavy atom. The van der Waals surface area contributed by atoms with Gasteiger partial charge in [0.15, 0.2) is 5.83 Å². The van der Waals surface area contributed by atoms with E-state index in [4.69, 9.17) is 16.2 Å². The zero-order valence-corrected chi connectivity index (χ0v) is 9.06. The molecule has 1 aliphatic carbocycles. The molecule has 0 aliphatic heterocycles. The molecule has 0 aromatic rings. The summed E-state index contributed by atoms with van der Waals surface area (Å²) in [6, 6.07) is 0. The summed E-state index contributed by atoms with van der Waals surface area (Å²) in [7, 11) is 1.52. The van der Waals surface area contributed by atoms with E-state index in [9.17, 15) is 4.39 Å². The Labute approximate surface area is 84.7 Å². The van der Waals surface area contributed by atoms with Crippen LogP contribution in [0.5, 0.6) is 0 Å². The van der Waals surface area contributed by atoms with E-state index in [0.29, 0.717) is 4.48 Å². The zero-order valence-electron chi connectivity index (χ0n) is 7.47. The molecule has 0 spiro atoms. The molecule has 1 rings (SSSR count). The Morgan fingerprint density at radius 3 is 2.46 bits per heavy atom. The summed E-state index contributed by atoms with van der Waals surface area (Å²) in [6.45, 7) is 1.82. The third-order valence-corrected chi connectivity index (χ3v) is 3.24. The van der Waals surface area contributed by atoms with E-state index in [2.05, 4.69) is 15.9 Å². The van der Waals surface area contributed by atoms with Crippen LogP contribution in [0.4, 0.5) is 4.39 Å². The Hall–Kier alpha value is -0.550. The van der Waals surface area contributed by atoms with Crippen molar-refractivity contribution in [1.82, 2.24) is 0 Å². The van der Waals surface area contributed by atoms with Crippen LogP contribution >= 0.6 is 15.9 Å². The quantitative estimate of drug-likeness (QED) is 0.739. The molecule has 0 aromatic carbocycles. The fraction of sp³-hybridized carbons (Fsp3) is 0.500. The van der Waals surface area contributed by atoms with Gasteiger partial charge < -0.3 is 16.2 Å². The highest BCUT2D eigenvalue weighted by atomic mass is 79.9. The van der Waals surface area contributed by atoms with Gasteiger partial charge in [-0.1, -0.05) is 22.9 Å². The first-order valence-corrected chi connectivity index (χ1v) is 4.63. The molecule has 5 heteroatoms. The van der Waals surface area contributed by atoms with Gasteiger partial charge in [0.25, 0.3) is 0 Å². The van der Waals surface area contributed by atoms with Gasteiger partial charge in [-0.25, -0.2) is 4.39 Å². The molecule has 13 heavy (non-hydrogen) atoms. The first kappa shape index (κ1) is 10.5. The summed E-state index contributed by atoms with van der Waals surface area (Å²) < 4.78 is 18.8. The molecule has 0 aromatic heterocycles. The van der Waals surface area contributed by atoms with Gasteiger partial charge in [-0.3, -0.25) is 0 Å². The molecule has 0 bridgehead atoms. The van der Waals surface area contributed by atoms with Crippen molar-refractivity contribution in [1.29, 1.82) is 0 Å². The highest BCUT2D eigenvalue weighted by Crippen LogP contribution is 2.36. The fourth-order valence-corrected chi connectivity index (χ4v) is 1.80. The summed E-state index contributed by atoms with van der Waals surface area (Å²) in [5.41, 5.74) is 11.3. The van der Waals surface area contributed by atoms with Gasteiger partial charge in [0.2, 0.25) is 0 Å². The molecular weight excluding hydrogens is 239 g/mol. The SMILES string of the molecule is COC1C(N)=C(N)C(F)=C(Br)C1C. The minimum absolute atomic E-state index is 0.0307. The van der Waals surface area contributed by atoms with Crippen LogP contribution in [0.15, 0.2) is 21.7 Å². The van der Waals surface area contributed by atoms with Gasteiger partial charge in [-0.05, 0) is 0 Å². The summed E-state index contributed by atoms with van der Waals surface area (Å²) in [5.74, 6) is -0.629. The number of hydrogen-bond donors (Lipinski definition) is 2. The predicted octanol–water partition coefficient (Wildman–Crippen LogP) is 1.36. The van der Waals surface area contributed by atoms with E-state index in [-0.39, 0.29) is 23.4 Å². The molecule has 4 N–H and O–H groups in total. The molecule has 2 unspecified atom stereocenters. The van der Waals surface area contributed by atoms with Crippen LogP contribution in [-0.2, 0) is 4.74 Å². The Balaban J connectivity index is 3.15. The van der Waals surface area contributed by atoms with E-state index >= 15 is 0 Å². The van der Waals surface area contributed by atoms with E-state index < -0.39 is 5.83 Å². The van der Waals surface area contributed by atoms with Crippen molar-refractivity contribution in [2.45, 2.75) is 13.0 Å². The number of methoxy groups -OCH3 is 1. The van der Waals surface area contributed by atoms with Gasteiger partial charge in [0.1, 0.15) is 6.10 Å². The van der Waals surface area contributed by atoms with Crippen molar-refractivity contribution < 1.29 is 9.13 Å². The van der Waals surface area contributed by atoms with E-state index in [1.165, 1.54) is 7.11 Å². The van der Waals surface area contributed by atoms with E-state index in [1.807, 2.05) is 6.92 Å². The van der Waals surface area contributed by atoms with Crippen molar-refractivity contribution in [2.75, 3.05) is 7.11 Å². The molecule has 0 saturated carbocycles. The summed E-state index contributed by atoms with van der Waals surface area (Å²) in [6.07, 6.45) is -0.353. The maximum Gasteiger partial charge on any atom is 0.158 e. The first-order valence-electron chi connectivity index (χ1n) is 3.84. The average molecular weight is 251 g/mol. The molecule has 3 nitrogen and oxygen atoms in total.